The highest BCUT2D eigenvalue weighted by molar-refractivity contribution is 5.95. The molecule has 0 saturated carbocycles. The largest absolute Gasteiger partial charge is 0.409 e. The highest BCUT2D eigenvalue weighted by Crippen LogP contribution is 2.21. The summed E-state index contributed by atoms with van der Waals surface area (Å²) in [5.74, 6) is 0.584. The maximum atomic E-state index is 9.13. The van der Waals surface area contributed by atoms with Crippen molar-refractivity contribution in [3.8, 4) is 0 Å². The van der Waals surface area contributed by atoms with Crippen molar-refractivity contribution >= 4 is 16.9 Å². The molecule has 84 valence electrons. The van der Waals surface area contributed by atoms with Crippen LogP contribution in [0.1, 0.15) is 20.8 Å². The Kier molecular flexibility index (Phi) is 2.42. The fourth-order valence-electron chi connectivity index (χ4n) is 1.69. The number of nitrogens with zero attached hydrogens (tertiary/aromatic N) is 3. The second-order valence-electron chi connectivity index (χ2n) is 4.78. The highest BCUT2D eigenvalue weighted by Gasteiger charge is 2.23. The van der Waals surface area contributed by atoms with E-state index in [-0.39, 0.29) is 5.41 Å². The van der Waals surface area contributed by atoms with Crippen molar-refractivity contribution in [2.45, 2.75) is 20.8 Å². The third-order valence-corrected chi connectivity index (χ3v) is 2.45. The molecule has 0 aliphatic heterocycles. The lowest BCUT2D eigenvalue weighted by Crippen LogP contribution is -2.27. The topological polar surface area (TPSA) is 50.4 Å². The number of fused-ring (bicyclic) bond motifs is 1. The molecule has 0 unspecified atom stereocenters. The third-order valence-electron chi connectivity index (χ3n) is 2.45. The van der Waals surface area contributed by atoms with Crippen molar-refractivity contribution in [2.75, 3.05) is 0 Å². The first kappa shape index (κ1) is 10.7. The van der Waals surface area contributed by atoms with Gasteiger partial charge in [0.05, 0.1) is 11.0 Å². The fraction of sp³-hybridized carbons (Fsp3) is 0.333. The van der Waals surface area contributed by atoms with Gasteiger partial charge in [0.25, 0.3) is 0 Å². The zero-order valence-electron chi connectivity index (χ0n) is 9.68. The number of aromatic nitrogens is 2. The van der Waals surface area contributed by atoms with Crippen LogP contribution in [0.2, 0.25) is 0 Å². The summed E-state index contributed by atoms with van der Waals surface area (Å²) in [6, 6.07) is 7.77. The van der Waals surface area contributed by atoms with Gasteiger partial charge in [0, 0.05) is 5.41 Å². The Morgan fingerprint density at radius 3 is 2.62 bits per heavy atom. The third kappa shape index (κ3) is 1.66. The SMILES string of the molecule is CC(C)(C)C(=NO)n1cnc2ccccc21. The first-order valence-corrected chi connectivity index (χ1v) is 5.19. The number of imidazole rings is 1. The Morgan fingerprint density at radius 2 is 2.00 bits per heavy atom. The van der Waals surface area contributed by atoms with Gasteiger partial charge in [-0.3, -0.25) is 4.57 Å². The van der Waals surface area contributed by atoms with Crippen LogP contribution in [0.15, 0.2) is 35.7 Å². The molecule has 0 atom stereocenters. The monoisotopic (exact) mass is 217 g/mol. The number of benzene rings is 1. The maximum absolute atomic E-state index is 9.13. The molecule has 0 aliphatic carbocycles. The number of rotatable bonds is 0. The minimum atomic E-state index is -0.238. The second kappa shape index (κ2) is 3.63. The van der Waals surface area contributed by atoms with Gasteiger partial charge in [-0.2, -0.15) is 0 Å². The predicted molar refractivity (Wildman–Crippen MR) is 63.8 cm³/mol. The van der Waals surface area contributed by atoms with Gasteiger partial charge in [-0.1, -0.05) is 38.1 Å². The summed E-state index contributed by atoms with van der Waals surface area (Å²) in [6.45, 7) is 5.99. The molecule has 2 aromatic rings. The van der Waals surface area contributed by atoms with Gasteiger partial charge in [0.15, 0.2) is 5.84 Å². The van der Waals surface area contributed by atoms with E-state index in [2.05, 4.69) is 10.1 Å². The summed E-state index contributed by atoms with van der Waals surface area (Å²) in [5.41, 5.74) is 1.61. The van der Waals surface area contributed by atoms with Crippen molar-refractivity contribution in [2.24, 2.45) is 10.6 Å². The van der Waals surface area contributed by atoms with Crippen LogP contribution in [0.3, 0.4) is 0 Å². The van der Waals surface area contributed by atoms with Crippen molar-refractivity contribution in [3.05, 3.63) is 30.6 Å². The van der Waals surface area contributed by atoms with E-state index in [4.69, 9.17) is 5.21 Å². The van der Waals surface area contributed by atoms with Crippen LogP contribution < -0.4 is 0 Å². The van der Waals surface area contributed by atoms with Gasteiger partial charge >= 0.3 is 0 Å². The Labute approximate surface area is 94.2 Å². The molecule has 0 saturated heterocycles. The zero-order chi connectivity index (χ0) is 11.8. The molecule has 2 rings (SSSR count). The summed E-state index contributed by atoms with van der Waals surface area (Å²) in [4.78, 5) is 4.27. The van der Waals surface area contributed by atoms with E-state index in [1.807, 2.05) is 49.6 Å². The lowest BCUT2D eigenvalue weighted by Gasteiger charge is -2.20. The molecular weight excluding hydrogens is 202 g/mol. The van der Waals surface area contributed by atoms with Gasteiger partial charge in [-0.15, -0.1) is 0 Å². The molecule has 4 nitrogen and oxygen atoms in total. The van der Waals surface area contributed by atoms with Crippen LogP contribution in [0.5, 0.6) is 0 Å². The standard InChI is InChI=1S/C12H15N3O/c1-12(2,3)11(14-16)15-8-13-9-6-4-5-7-10(9)15/h4-8,16H,1-3H3. The molecule has 0 amide bonds. The molecular formula is C12H15N3O. The normalized spacial score (nSPS) is 13.3. The molecule has 0 fully saturated rings. The Balaban J connectivity index is 2.64. The number of hydrogen-bond donors (Lipinski definition) is 1. The Bertz CT molecular complexity index is 534. The van der Waals surface area contributed by atoms with Gasteiger partial charge in [0.1, 0.15) is 6.33 Å². The van der Waals surface area contributed by atoms with E-state index in [0.717, 1.165) is 11.0 Å². The van der Waals surface area contributed by atoms with E-state index in [9.17, 15) is 0 Å². The summed E-state index contributed by atoms with van der Waals surface area (Å²) in [5, 5.41) is 12.5. The van der Waals surface area contributed by atoms with Crippen molar-refractivity contribution < 1.29 is 5.21 Å². The van der Waals surface area contributed by atoms with E-state index in [1.54, 1.807) is 6.33 Å². The van der Waals surface area contributed by atoms with Crippen molar-refractivity contribution in [3.63, 3.8) is 0 Å². The summed E-state index contributed by atoms with van der Waals surface area (Å²) in [7, 11) is 0. The number of hydrogen-bond acceptors (Lipinski definition) is 3. The van der Waals surface area contributed by atoms with Gasteiger partial charge in [-0.25, -0.2) is 4.98 Å². The first-order chi connectivity index (χ1) is 7.54. The maximum Gasteiger partial charge on any atom is 0.159 e. The van der Waals surface area contributed by atoms with E-state index in [0.29, 0.717) is 5.84 Å². The average molecular weight is 217 g/mol. The van der Waals surface area contributed by atoms with Gasteiger partial charge in [0.2, 0.25) is 0 Å². The molecule has 1 N–H and O–H groups in total. The number of para-hydroxylation sites is 2. The summed E-state index contributed by atoms with van der Waals surface area (Å²) < 4.78 is 1.81. The minimum Gasteiger partial charge on any atom is -0.409 e. The summed E-state index contributed by atoms with van der Waals surface area (Å²) >= 11 is 0. The van der Waals surface area contributed by atoms with Crippen LogP contribution in [-0.2, 0) is 0 Å². The van der Waals surface area contributed by atoms with E-state index in [1.165, 1.54) is 0 Å². The zero-order valence-corrected chi connectivity index (χ0v) is 9.68. The Morgan fingerprint density at radius 1 is 1.31 bits per heavy atom. The molecule has 1 aromatic heterocycles. The molecule has 0 spiro atoms. The van der Waals surface area contributed by atoms with Gasteiger partial charge < -0.3 is 5.21 Å². The van der Waals surface area contributed by atoms with E-state index >= 15 is 0 Å². The molecule has 4 heteroatoms. The van der Waals surface area contributed by atoms with Crippen LogP contribution >= 0.6 is 0 Å². The first-order valence-electron chi connectivity index (χ1n) is 5.19. The molecule has 0 radical (unpaired) electrons. The van der Waals surface area contributed by atoms with Crippen LogP contribution in [0.25, 0.3) is 11.0 Å². The van der Waals surface area contributed by atoms with Gasteiger partial charge in [-0.05, 0) is 12.1 Å². The lowest BCUT2D eigenvalue weighted by atomic mass is 9.95. The quantitative estimate of drug-likeness (QED) is 0.319. The molecule has 1 aromatic carbocycles. The van der Waals surface area contributed by atoms with Crippen LogP contribution in [-0.4, -0.2) is 20.6 Å². The molecule has 16 heavy (non-hydrogen) atoms. The molecule has 1 heterocycles. The number of oxime groups is 1. The second-order valence-corrected chi connectivity index (χ2v) is 4.78. The molecule has 0 aliphatic rings. The van der Waals surface area contributed by atoms with Crippen molar-refractivity contribution in [1.82, 2.24) is 9.55 Å². The minimum absolute atomic E-state index is 0.238. The van der Waals surface area contributed by atoms with Crippen LogP contribution in [0.4, 0.5) is 0 Å². The predicted octanol–water partition coefficient (Wildman–Crippen LogP) is 2.72. The smallest absolute Gasteiger partial charge is 0.159 e. The summed E-state index contributed by atoms with van der Waals surface area (Å²) in [6.07, 6.45) is 1.69. The lowest BCUT2D eigenvalue weighted by molar-refractivity contribution is 0.308. The van der Waals surface area contributed by atoms with Crippen LogP contribution in [0, 0.1) is 5.41 Å². The van der Waals surface area contributed by atoms with Crippen molar-refractivity contribution in [1.29, 1.82) is 0 Å². The highest BCUT2D eigenvalue weighted by atomic mass is 16.4. The molecule has 0 bridgehead atoms. The van der Waals surface area contributed by atoms with E-state index < -0.39 is 0 Å². The average Bonchev–Trinajstić information content (AvgIpc) is 2.61. The Hall–Kier alpha value is -1.84. The fourth-order valence-corrected chi connectivity index (χ4v) is 1.69.